The van der Waals surface area contributed by atoms with Gasteiger partial charge in [0.05, 0.1) is 5.69 Å². The van der Waals surface area contributed by atoms with Crippen LogP contribution in [0.4, 0.5) is 5.69 Å². The standard InChI is InChI=1S/C16H24N2O2/c1-5-7-12(17)11-8-9-14-13(10-11)18(6-2)15(19)16(3,4)20-14/h8-10,12H,5-7,17H2,1-4H3. The molecule has 0 aliphatic carbocycles. The first-order valence-corrected chi connectivity index (χ1v) is 7.31. The Morgan fingerprint density at radius 2 is 2.05 bits per heavy atom. The number of carbonyl (C=O) groups is 1. The van der Waals surface area contributed by atoms with Crippen LogP contribution in [0.5, 0.6) is 5.75 Å². The molecule has 110 valence electrons. The lowest BCUT2D eigenvalue weighted by molar-refractivity contribution is -0.132. The summed E-state index contributed by atoms with van der Waals surface area (Å²) < 4.78 is 5.83. The van der Waals surface area contributed by atoms with Gasteiger partial charge >= 0.3 is 0 Å². The molecule has 0 saturated carbocycles. The first-order chi connectivity index (χ1) is 9.40. The summed E-state index contributed by atoms with van der Waals surface area (Å²) in [6.45, 7) is 8.33. The lowest BCUT2D eigenvalue weighted by Gasteiger charge is -2.38. The maximum absolute atomic E-state index is 12.4. The van der Waals surface area contributed by atoms with Crippen molar-refractivity contribution in [3.63, 3.8) is 0 Å². The second-order valence-electron chi connectivity index (χ2n) is 5.78. The Labute approximate surface area is 120 Å². The zero-order valence-electron chi connectivity index (χ0n) is 12.8. The summed E-state index contributed by atoms with van der Waals surface area (Å²) in [4.78, 5) is 14.2. The molecule has 0 spiro atoms. The number of fused-ring (bicyclic) bond motifs is 1. The van der Waals surface area contributed by atoms with Gasteiger partial charge in [0.15, 0.2) is 5.60 Å². The zero-order chi connectivity index (χ0) is 14.9. The van der Waals surface area contributed by atoms with Crippen LogP contribution in [0.3, 0.4) is 0 Å². The molecule has 1 heterocycles. The highest BCUT2D eigenvalue weighted by Gasteiger charge is 2.40. The van der Waals surface area contributed by atoms with E-state index in [1.54, 1.807) is 18.7 Å². The van der Waals surface area contributed by atoms with Crippen molar-refractivity contribution in [2.45, 2.75) is 52.2 Å². The molecule has 1 aliphatic rings. The minimum Gasteiger partial charge on any atom is -0.476 e. The molecule has 0 bridgehead atoms. The Morgan fingerprint density at radius 3 is 2.65 bits per heavy atom. The van der Waals surface area contributed by atoms with Crippen LogP contribution in [0, 0.1) is 0 Å². The quantitative estimate of drug-likeness (QED) is 0.919. The van der Waals surface area contributed by atoms with E-state index in [2.05, 4.69) is 6.92 Å². The van der Waals surface area contributed by atoms with E-state index >= 15 is 0 Å². The molecule has 4 heteroatoms. The zero-order valence-corrected chi connectivity index (χ0v) is 12.8. The van der Waals surface area contributed by atoms with E-state index in [4.69, 9.17) is 10.5 Å². The van der Waals surface area contributed by atoms with Crippen LogP contribution in [0.2, 0.25) is 0 Å². The molecule has 4 nitrogen and oxygen atoms in total. The number of carbonyl (C=O) groups excluding carboxylic acids is 1. The minimum absolute atomic E-state index is 0.00582. The van der Waals surface area contributed by atoms with Crippen LogP contribution < -0.4 is 15.4 Å². The Morgan fingerprint density at radius 1 is 1.35 bits per heavy atom. The van der Waals surface area contributed by atoms with Crippen LogP contribution in [0.15, 0.2) is 18.2 Å². The number of ether oxygens (including phenoxy) is 1. The molecule has 0 aromatic heterocycles. The predicted molar refractivity (Wildman–Crippen MR) is 81.0 cm³/mol. The number of nitrogens with two attached hydrogens (primary N) is 1. The molecule has 1 aliphatic heterocycles. The third kappa shape index (κ3) is 2.52. The summed E-state index contributed by atoms with van der Waals surface area (Å²) in [6, 6.07) is 5.93. The summed E-state index contributed by atoms with van der Waals surface area (Å²) in [6.07, 6.45) is 1.98. The third-order valence-electron chi connectivity index (χ3n) is 3.74. The molecule has 2 rings (SSSR count). The summed E-state index contributed by atoms with van der Waals surface area (Å²) in [5.41, 5.74) is 7.25. The fraction of sp³-hybridized carbons (Fsp3) is 0.562. The summed E-state index contributed by atoms with van der Waals surface area (Å²) >= 11 is 0. The molecular formula is C16H24N2O2. The molecule has 20 heavy (non-hydrogen) atoms. The van der Waals surface area contributed by atoms with Gasteiger partial charge in [0, 0.05) is 12.6 Å². The van der Waals surface area contributed by atoms with E-state index in [0.29, 0.717) is 6.54 Å². The fourth-order valence-corrected chi connectivity index (χ4v) is 2.61. The van der Waals surface area contributed by atoms with Gasteiger partial charge in [0.2, 0.25) is 0 Å². The van der Waals surface area contributed by atoms with Crippen LogP contribution in [0.25, 0.3) is 0 Å². The van der Waals surface area contributed by atoms with Crippen molar-refractivity contribution in [2.24, 2.45) is 5.73 Å². The molecule has 0 radical (unpaired) electrons. The molecule has 1 aromatic carbocycles. The SMILES string of the molecule is CCCC(N)c1ccc2c(c1)N(CC)C(=O)C(C)(C)O2. The molecule has 0 saturated heterocycles. The number of nitrogens with zero attached hydrogens (tertiary/aromatic N) is 1. The van der Waals surface area contributed by atoms with Gasteiger partial charge in [-0.1, -0.05) is 19.4 Å². The van der Waals surface area contributed by atoms with Crippen molar-refractivity contribution in [1.29, 1.82) is 0 Å². The largest absolute Gasteiger partial charge is 0.476 e. The molecular weight excluding hydrogens is 252 g/mol. The smallest absolute Gasteiger partial charge is 0.270 e. The Kier molecular flexibility index (Phi) is 4.04. The highest BCUT2D eigenvalue weighted by molar-refractivity contribution is 6.02. The molecule has 0 fully saturated rings. The first-order valence-electron chi connectivity index (χ1n) is 7.31. The van der Waals surface area contributed by atoms with Gasteiger partial charge in [-0.05, 0) is 44.9 Å². The molecule has 1 atom stereocenters. The minimum atomic E-state index is -0.809. The maximum atomic E-state index is 12.4. The van der Waals surface area contributed by atoms with Gasteiger partial charge < -0.3 is 15.4 Å². The normalized spacial score (nSPS) is 18.4. The van der Waals surface area contributed by atoms with Crippen molar-refractivity contribution in [3.8, 4) is 5.75 Å². The van der Waals surface area contributed by atoms with Crippen molar-refractivity contribution in [3.05, 3.63) is 23.8 Å². The number of benzene rings is 1. The van der Waals surface area contributed by atoms with Gasteiger partial charge in [-0.15, -0.1) is 0 Å². The number of anilines is 1. The van der Waals surface area contributed by atoms with E-state index in [9.17, 15) is 4.79 Å². The van der Waals surface area contributed by atoms with Crippen molar-refractivity contribution in [2.75, 3.05) is 11.4 Å². The van der Waals surface area contributed by atoms with Gasteiger partial charge in [-0.3, -0.25) is 4.79 Å². The average Bonchev–Trinajstić information content (AvgIpc) is 2.40. The van der Waals surface area contributed by atoms with Crippen molar-refractivity contribution >= 4 is 11.6 Å². The topological polar surface area (TPSA) is 55.6 Å². The number of likely N-dealkylation sites (N-methyl/N-ethyl adjacent to an activating group) is 1. The first kappa shape index (κ1) is 14.9. The second-order valence-corrected chi connectivity index (χ2v) is 5.78. The Hall–Kier alpha value is -1.55. The summed E-state index contributed by atoms with van der Waals surface area (Å²) in [5.74, 6) is 0.748. The van der Waals surface area contributed by atoms with Crippen LogP contribution in [-0.4, -0.2) is 18.1 Å². The highest BCUT2D eigenvalue weighted by Crippen LogP contribution is 2.39. The summed E-state index contributed by atoms with van der Waals surface area (Å²) in [7, 11) is 0. The van der Waals surface area contributed by atoms with Gasteiger partial charge in [0.25, 0.3) is 5.91 Å². The van der Waals surface area contributed by atoms with Gasteiger partial charge in [-0.25, -0.2) is 0 Å². The van der Waals surface area contributed by atoms with Crippen LogP contribution in [-0.2, 0) is 4.79 Å². The fourth-order valence-electron chi connectivity index (χ4n) is 2.61. The van der Waals surface area contributed by atoms with E-state index in [-0.39, 0.29) is 11.9 Å². The Bertz CT molecular complexity index is 511. The molecule has 1 unspecified atom stereocenters. The average molecular weight is 276 g/mol. The predicted octanol–water partition coefficient (Wildman–Crippen LogP) is 3.01. The van der Waals surface area contributed by atoms with Gasteiger partial charge in [-0.2, -0.15) is 0 Å². The molecule has 1 amide bonds. The van der Waals surface area contributed by atoms with Crippen molar-refractivity contribution < 1.29 is 9.53 Å². The lowest BCUT2D eigenvalue weighted by atomic mass is 9.99. The number of hydrogen-bond donors (Lipinski definition) is 1. The molecule has 1 aromatic rings. The van der Waals surface area contributed by atoms with Gasteiger partial charge in [0.1, 0.15) is 5.75 Å². The number of hydrogen-bond acceptors (Lipinski definition) is 3. The lowest BCUT2D eigenvalue weighted by Crippen LogP contribution is -2.52. The molecule has 2 N–H and O–H groups in total. The summed E-state index contributed by atoms with van der Waals surface area (Å²) in [5, 5.41) is 0. The Balaban J connectivity index is 2.42. The maximum Gasteiger partial charge on any atom is 0.270 e. The van der Waals surface area contributed by atoms with E-state index < -0.39 is 5.60 Å². The highest BCUT2D eigenvalue weighted by atomic mass is 16.5. The van der Waals surface area contributed by atoms with Crippen LogP contribution in [0.1, 0.15) is 52.1 Å². The van der Waals surface area contributed by atoms with Crippen LogP contribution >= 0.6 is 0 Å². The number of amides is 1. The van der Waals surface area contributed by atoms with E-state index in [1.165, 1.54) is 0 Å². The van der Waals surface area contributed by atoms with E-state index in [0.717, 1.165) is 29.8 Å². The van der Waals surface area contributed by atoms with Crippen molar-refractivity contribution in [1.82, 2.24) is 0 Å². The monoisotopic (exact) mass is 276 g/mol. The van der Waals surface area contributed by atoms with E-state index in [1.807, 2.05) is 25.1 Å². The second kappa shape index (κ2) is 5.44. The third-order valence-corrected chi connectivity index (χ3v) is 3.74. The number of rotatable bonds is 4.